The van der Waals surface area contributed by atoms with E-state index in [1.807, 2.05) is 0 Å². The average molecular weight is 342 g/mol. The van der Waals surface area contributed by atoms with E-state index in [0.29, 0.717) is 5.56 Å². The number of amides is 2. The third kappa shape index (κ3) is 2.55. The van der Waals surface area contributed by atoms with E-state index in [2.05, 4.69) is 10.3 Å². The Morgan fingerprint density at radius 1 is 0.960 bits per heavy atom. The van der Waals surface area contributed by atoms with Gasteiger partial charge in [-0.05, 0) is 42.0 Å². The van der Waals surface area contributed by atoms with Crippen LogP contribution in [0.25, 0.3) is 0 Å². The molecule has 0 aromatic heterocycles. The number of anilines is 1. The summed E-state index contributed by atoms with van der Waals surface area (Å²) in [5.74, 6) is -1.85. The molecule has 2 aromatic rings. The Balaban J connectivity index is 1.60. The summed E-state index contributed by atoms with van der Waals surface area (Å²) in [7, 11) is 0. The lowest BCUT2D eigenvalue weighted by Gasteiger charge is -2.20. The van der Waals surface area contributed by atoms with Crippen molar-refractivity contribution in [1.29, 1.82) is 0 Å². The number of fused-ring (bicyclic) bond motifs is 1. The van der Waals surface area contributed by atoms with Crippen LogP contribution in [0.2, 0.25) is 0 Å². The maximum Gasteiger partial charge on any atom is 0.263 e. The molecule has 2 amide bonds. The van der Waals surface area contributed by atoms with Gasteiger partial charge >= 0.3 is 0 Å². The summed E-state index contributed by atoms with van der Waals surface area (Å²) in [6.07, 6.45) is 0. The van der Waals surface area contributed by atoms with Crippen LogP contribution in [0.1, 0.15) is 5.56 Å². The van der Waals surface area contributed by atoms with Crippen molar-refractivity contribution in [2.75, 3.05) is 4.90 Å². The number of halogens is 2. The molecular formula is C17H12F2N4O2. The molecule has 1 fully saturated rings. The van der Waals surface area contributed by atoms with Gasteiger partial charge in [-0.3, -0.25) is 14.6 Å². The molecule has 6 nitrogen and oxygen atoms in total. The molecule has 25 heavy (non-hydrogen) atoms. The Morgan fingerprint density at radius 2 is 1.72 bits per heavy atom. The van der Waals surface area contributed by atoms with E-state index >= 15 is 0 Å². The number of carbonyl (C=O) groups is 2. The molecule has 2 heterocycles. The quantitative estimate of drug-likeness (QED) is 0.805. The van der Waals surface area contributed by atoms with Crippen molar-refractivity contribution in [2.24, 2.45) is 10.3 Å². The largest absolute Gasteiger partial charge is 0.271 e. The van der Waals surface area contributed by atoms with Crippen molar-refractivity contribution >= 4 is 17.5 Å². The first kappa shape index (κ1) is 15.4. The van der Waals surface area contributed by atoms with E-state index < -0.39 is 35.5 Å². The van der Waals surface area contributed by atoms with Crippen LogP contribution in [0, 0.1) is 11.6 Å². The molecule has 0 spiro atoms. The highest BCUT2D eigenvalue weighted by molar-refractivity contribution is 6.25. The van der Waals surface area contributed by atoms with Crippen molar-refractivity contribution in [1.82, 2.24) is 5.01 Å². The summed E-state index contributed by atoms with van der Waals surface area (Å²) in [6.45, 7) is 0.151. The molecule has 2 atom stereocenters. The molecule has 0 aliphatic carbocycles. The van der Waals surface area contributed by atoms with Gasteiger partial charge in [-0.1, -0.05) is 17.4 Å². The van der Waals surface area contributed by atoms with Crippen LogP contribution in [-0.2, 0) is 16.1 Å². The fourth-order valence-corrected chi connectivity index (χ4v) is 3.02. The topological polar surface area (TPSA) is 65.3 Å². The number of carbonyl (C=O) groups excluding carboxylic acids is 2. The molecule has 0 bridgehead atoms. The van der Waals surface area contributed by atoms with Crippen LogP contribution in [-0.4, -0.2) is 28.9 Å². The molecule has 0 N–H and O–H groups in total. The summed E-state index contributed by atoms with van der Waals surface area (Å²) in [5, 5.41) is 9.17. The smallest absolute Gasteiger partial charge is 0.263 e. The third-order valence-corrected chi connectivity index (χ3v) is 4.18. The normalized spacial score (nSPS) is 22.0. The molecule has 2 aliphatic rings. The number of benzene rings is 2. The molecule has 0 saturated carbocycles. The van der Waals surface area contributed by atoms with Crippen LogP contribution >= 0.6 is 0 Å². The highest BCUT2D eigenvalue weighted by Gasteiger charge is 2.54. The second-order valence-corrected chi connectivity index (χ2v) is 5.81. The number of hydrogen-bond acceptors (Lipinski definition) is 5. The molecule has 1 saturated heterocycles. The molecule has 126 valence electrons. The molecule has 0 radical (unpaired) electrons. The molecule has 2 aromatic carbocycles. The van der Waals surface area contributed by atoms with E-state index in [-0.39, 0.29) is 12.2 Å². The molecule has 0 unspecified atom stereocenters. The Morgan fingerprint density at radius 3 is 2.44 bits per heavy atom. The predicted molar refractivity (Wildman–Crippen MR) is 83.3 cm³/mol. The van der Waals surface area contributed by atoms with Gasteiger partial charge in [0.25, 0.3) is 11.8 Å². The monoisotopic (exact) mass is 342 g/mol. The average Bonchev–Trinajstić information content (AvgIpc) is 3.10. The fourth-order valence-electron chi connectivity index (χ4n) is 3.02. The number of nitrogens with zero attached hydrogens (tertiary/aromatic N) is 4. The third-order valence-electron chi connectivity index (χ3n) is 4.18. The number of imide groups is 1. The molecule has 8 heteroatoms. The minimum Gasteiger partial charge on any atom is -0.271 e. The first-order valence-electron chi connectivity index (χ1n) is 7.60. The van der Waals surface area contributed by atoms with Crippen LogP contribution in [0.15, 0.2) is 58.9 Å². The summed E-state index contributed by atoms with van der Waals surface area (Å²) < 4.78 is 26.4. The van der Waals surface area contributed by atoms with E-state index in [1.165, 1.54) is 41.4 Å². The van der Waals surface area contributed by atoms with E-state index in [4.69, 9.17) is 0 Å². The van der Waals surface area contributed by atoms with Gasteiger partial charge in [-0.25, -0.2) is 13.7 Å². The zero-order chi connectivity index (χ0) is 17.6. The minimum absolute atomic E-state index is 0.151. The SMILES string of the molecule is O=C1[C@H]2N=NN(Cc3cccc(F)c3)[C@H]2C(=O)N1c1ccc(F)cc1. The first-order chi connectivity index (χ1) is 12.0. The minimum atomic E-state index is -0.939. The van der Waals surface area contributed by atoms with E-state index in [1.54, 1.807) is 12.1 Å². The highest BCUT2D eigenvalue weighted by Crippen LogP contribution is 2.32. The Labute approximate surface area is 141 Å². The van der Waals surface area contributed by atoms with Crippen LogP contribution in [0.3, 0.4) is 0 Å². The van der Waals surface area contributed by atoms with Crippen molar-refractivity contribution in [3.05, 3.63) is 65.7 Å². The lowest BCUT2D eigenvalue weighted by Crippen LogP contribution is -2.39. The van der Waals surface area contributed by atoms with Gasteiger partial charge in [-0.2, -0.15) is 5.11 Å². The second kappa shape index (κ2) is 5.73. The van der Waals surface area contributed by atoms with Gasteiger partial charge in [-0.15, -0.1) is 0 Å². The maximum absolute atomic E-state index is 13.3. The van der Waals surface area contributed by atoms with Crippen molar-refractivity contribution in [2.45, 2.75) is 18.6 Å². The van der Waals surface area contributed by atoms with Gasteiger partial charge in [0.1, 0.15) is 11.6 Å². The summed E-state index contributed by atoms with van der Waals surface area (Å²) >= 11 is 0. The Kier molecular flexibility index (Phi) is 3.52. The van der Waals surface area contributed by atoms with Crippen molar-refractivity contribution in [3.63, 3.8) is 0 Å². The van der Waals surface area contributed by atoms with E-state index in [9.17, 15) is 18.4 Å². The van der Waals surface area contributed by atoms with Crippen LogP contribution < -0.4 is 4.90 Å². The number of rotatable bonds is 3. The zero-order valence-corrected chi connectivity index (χ0v) is 12.8. The number of hydrogen-bond donors (Lipinski definition) is 0. The van der Waals surface area contributed by atoms with Gasteiger partial charge in [0.05, 0.1) is 12.2 Å². The lowest BCUT2D eigenvalue weighted by molar-refractivity contribution is -0.123. The van der Waals surface area contributed by atoms with E-state index in [0.717, 1.165) is 4.90 Å². The lowest BCUT2D eigenvalue weighted by atomic mass is 10.1. The summed E-state index contributed by atoms with van der Waals surface area (Å²) in [6, 6.07) is 9.17. The van der Waals surface area contributed by atoms with Gasteiger partial charge in [0, 0.05) is 0 Å². The summed E-state index contributed by atoms with van der Waals surface area (Å²) in [4.78, 5) is 26.2. The van der Waals surface area contributed by atoms with Gasteiger partial charge in [0.15, 0.2) is 12.1 Å². The van der Waals surface area contributed by atoms with Crippen molar-refractivity contribution < 1.29 is 18.4 Å². The fraction of sp³-hybridized carbons (Fsp3) is 0.176. The molecule has 2 aliphatic heterocycles. The Hall–Kier alpha value is -3.16. The predicted octanol–water partition coefficient (Wildman–Crippen LogP) is 2.46. The highest BCUT2D eigenvalue weighted by atomic mass is 19.1. The first-order valence-corrected chi connectivity index (χ1v) is 7.60. The zero-order valence-electron chi connectivity index (χ0n) is 12.8. The maximum atomic E-state index is 13.3. The molecule has 4 rings (SSSR count). The molecular weight excluding hydrogens is 330 g/mol. The van der Waals surface area contributed by atoms with Crippen LogP contribution in [0.4, 0.5) is 14.5 Å². The second-order valence-electron chi connectivity index (χ2n) is 5.81. The van der Waals surface area contributed by atoms with Crippen LogP contribution in [0.5, 0.6) is 0 Å². The van der Waals surface area contributed by atoms with Crippen molar-refractivity contribution in [3.8, 4) is 0 Å². The summed E-state index contributed by atoms with van der Waals surface area (Å²) in [5.41, 5.74) is 0.895. The van der Waals surface area contributed by atoms with Gasteiger partial charge < -0.3 is 0 Å². The Bertz CT molecular complexity index is 884. The van der Waals surface area contributed by atoms with Gasteiger partial charge in [0.2, 0.25) is 0 Å². The standard InChI is InChI=1S/C17H12F2N4O2/c18-11-4-6-13(7-5-11)23-16(24)14-15(17(23)25)22(21-20-14)9-10-2-1-3-12(19)8-10/h1-8,14-15H,9H2/t14-,15+/m0/s1.